The molecular weight excluding hydrogens is 348 g/mol. The number of carbonyl (C=O) groups excluding carboxylic acids is 2. The van der Waals surface area contributed by atoms with E-state index >= 15 is 0 Å². The predicted molar refractivity (Wildman–Crippen MR) is 71.3 cm³/mol. The van der Waals surface area contributed by atoms with Crippen molar-refractivity contribution in [1.82, 2.24) is 0 Å². The van der Waals surface area contributed by atoms with Gasteiger partial charge in [-0.25, -0.2) is 0 Å². The predicted octanol–water partition coefficient (Wildman–Crippen LogP) is 0.344. The summed E-state index contributed by atoms with van der Waals surface area (Å²) in [5, 5.41) is 5.39. The van der Waals surface area contributed by atoms with E-state index in [2.05, 4.69) is 54.6 Å². The Bertz CT molecular complexity index is 555. The Balaban J connectivity index is 0. The molecule has 0 fully saturated rings. The quantitative estimate of drug-likeness (QED) is 0.428. The summed E-state index contributed by atoms with van der Waals surface area (Å²) in [7, 11) is 0. The van der Waals surface area contributed by atoms with Gasteiger partial charge in [-0.1, -0.05) is 36.4 Å². The maximum atomic E-state index is 8.00. The van der Waals surface area contributed by atoms with Crippen molar-refractivity contribution in [2.75, 3.05) is 0 Å². The molecule has 3 rings (SSSR count). The molecule has 0 unspecified atom stereocenters. The van der Waals surface area contributed by atoms with Crippen molar-refractivity contribution in [3.8, 4) is 0 Å². The second-order valence-electron chi connectivity index (χ2n) is 3.32. The van der Waals surface area contributed by atoms with Gasteiger partial charge in [0, 0.05) is 0 Å². The van der Waals surface area contributed by atoms with E-state index in [0.717, 1.165) is 0 Å². The number of fused-ring (bicyclic) bond motifs is 3. The molecular formula is C15H13BrFeO2. The summed E-state index contributed by atoms with van der Waals surface area (Å²) in [5.41, 5.74) is 0. The average Bonchev–Trinajstić information content (AvgIpc) is 2.82. The van der Waals surface area contributed by atoms with Gasteiger partial charge in [0.15, 0.2) is 0 Å². The molecule has 0 aliphatic carbocycles. The molecule has 0 aliphatic rings. The third-order valence-electron chi connectivity index (χ3n) is 2.52. The van der Waals surface area contributed by atoms with Crippen molar-refractivity contribution in [3.05, 3.63) is 54.6 Å². The van der Waals surface area contributed by atoms with Gasteiger partial charge in [-0.2, -0.15) is 0 Å². The molecule has 100 valence electrons. The molecule has 0 radical (unpaired) electrons. The van der Waals surface area contributed by atoms with E-state index in [1.165, 1.54) is 21.5 Å². The van der Waals surface area contributed by atoms with Crippen LogP contribution < -0.4 is 17.0 Å². The molecule has 4 heteroatoms. The molecule has 0 saturated heterocycles. The summed E-state index contributed by atoms with van der Waals surface area (Å²) in [4.78, 5) is 16.0. The van der Waals surface area contributed by atoms with Crippen LogP contribution in [-0.2, 0) is 26.7 Å². The third-order valence-corrected chi connectivity index (χ3v) is 2.52. The minimum absolute atomic E-state index is 0. The van der Waals surface area contributed by atoms with E-state index in [0.29, 0.717) is 0 Å². The second kappa shape index (κ2) is 10.6. The number of halogens is 1. The first-order chi connectivity index (χ1) is 8.45. The van der Waals surface area contributed by atoms with Gasteiger partial charge < -0.3 is 26.6 Å². The standard InChI is InChI=1S/C13H9.2CH2O.BrH.Fe/c1-3-7-12-10(5-1)9-11-6-2-4-8-13(11)12;2*1-2;;/h1-9H;2*1H2;1H;/q-1;;;;+2/p-1. The molecule has 2 nitrogen and oxygen atoms in total. The molecule has 0 saturated carbocycles. The first-order valence-electron chi connectivity index (χ1n) is 5.06. The summed E-state index contributed by atoms with van der Waals surface area (Å²) >= 11 is 0. The number of rotatable bonds is 0. The number of benzene rings is 2. The third kappa shape index (κ3) is 4.35. The van der Waals surface area contributed by atoms with Crippen molar-refractivity contribution in [1.29, 1.82) is 0 Å². The van der Waals surface area contributed by atoms with Gasteiger partial charge in [0.25, 0.3) is 0 Å². The summed E-state index contributed by atoms with van der Waals surface area (Å²) in [6.07, 6.45) is 0. The molecule has 0 amide bonds. The SMILES string of the molecule is C=O.C=O.[Br-].[Fe+2].c1ccc2c(c1)[cH-]c1ccccc12. The molecule has 3 aromatic carbocycles. The Morgan fingerprint density at radius 3 is 1.37 bits per heavy atom. The van der Waals surface area contributed by atoms with E-state index in [1.54, 1.807) is 0 Å². The molecule has 0 aliphatic heterocycles. The fraction of sp³-hybridized carbons (Fsp3) is 0. The van der Waals surface area contributed by atoms with Crippen LogP contribution in [0.15, 0.2) is 54.6 Å². The van der Waals surface area contributed by atoms with Gasteiger partial charge in [-0.15, -0.1) is 39.7 Å². The van der Waals surface area contributed by atoms with Crippen molar-refractivity contribution in [3.63, 3.8) is 0 Å². The molecule has 0 spiro atoms. The summed E-state index contributed by atoms with van der Waals surface area (Å²) < 4.78 is 0. The van der Waals surface area contributed by atoms with E-state index in [1.807, 2.05) is 13.6 Å². The molecule has 0 aromatic heterocycles. The van der Waals surface area contributed by atoms with Crippen molar-refractivity contribution in [2.45, 2.75) is 0 Å². The van der Waals surface area contributed by atoms with Crippen LogP contribution in [0.2, 0.25) is 0 Å². The average molecular weight is 361 g/mol. The normalized spacial score (nSPS) is 8.00. The van der Waals surface area contributed by atoms with Crippen molar-refractivity contribution < 1.29 is 43.6 Å². The van der Waals surface area contributed by atoms with E-state index < -0.39 is 0 Å². The number of hydrogen-bond donors (Lipinski definition) is 0. The van der Waals surface area contributed by atoms with Crippen LogP contribution in [0.4, 0.5) is 0 Å². The zero-order valence-electron chi connectivity index (χ0n) is 10.2. The van der Waals surface area contributed by atoms with Crippen LogP contribution in [0.1, 0.15) is 0 Å². The number of hydrogen-bond acceptors (Lipinski definition) is 2. The summed E-state index contributed by atoms with van der Waals surface area (Å²) in [5.74, 6) is 0. The van der Waals surface area contributed by atoms with Crippen LogP contribution in [0.3, 0.4) is 0 Å². The van der Waals surface area contributed by atoms with Crippen molar-refractivity contribution >= 4 is 35.1 Å². The monoisotopic (exact) mass is 360 g/mol. The van der Waals surface area contributed by atoms with Crippen molar-refractivity contribution in [2.24, 2.45) is 0 Å². The smallest absolute Gasteiger partial charge is 1.00 e. The van der Waals surface area contributed by atoms with Gasteiger partial charge in [0.1, 0.15) is 13.6 Å². The van der Waals surface area contributed by atoms with E-state index in [-0.39, 0.29) is 34.1 Å². The van der Waals surface area contributed by atoms with Crippen LogP contribution in [0.25, 0.3) is 21.5 Å². The van der Waals surface area contributed by atoms with Crippen LogP contribution in [0, 0.1) is 0 Å². The van der Waals surface area contributed by atoms with E-state index in [9.17, 15) is 0 Å². The first-order valence-corrected chi connectivity index (χ1v) is 5.06. The fourth-order valence-electron chi connectivity index (χ4n) is 1.90. The Labute approximate surface area is 133 Å². The van der Waals surface area contributed by atoms with Gasteiger partial charge in [0.2, 0.25) is 0 Å². The Morgan fingerprint density at radius 1 is 0.684 bits per heavy atom. The van der Waals surface area contributed by atoms with Gasteiger partial charge in [-0.3, -0.25) is 0 Å². The summed E-state index contributed by atoms with van der Waals surface area (Å²) in [6, 6.07) is 19.3. The zero-order chi connectivity index (χ0) is 12.7. The first kappa shape index (κ1) is 20.0. The minimum atomic E-state index is 0. The van der Waals surface area contributed by atoms with Crippen LogP contribution in [0.5, 0.6) is 0 Å². The Kier molecular flexibility index (Phi) is 11.1. The van der Waals surface area contributed by atoms with Crippen LogP contribution >= 0.6 is 0 Å². The molecule has 0 atom stereocenters. The fourth-order valence-corrected chi connectivity index (χ4v) is 1.90. The molecule has 19 heavy (non-hydrogen) atoms. The Morgan fingerprint density at radius 2 is 1.00 bits per heavy atom. The maximum absolute atomic E-state index is 8.00. The molecule has 3 aromatic rings. The zero-order valence-corrected chi connectivity index (χ0v) is 12.8. The van der Waals surface area contributed by atoms with Gasteiger partial charge >= 0.3 is 17.1 Å². The van der Waals surface area contributed by atoms with Gasteiger partial charge in [0.05, 0.1) is 0 Å². The molecule has 0 bridgehead atoms. The second-order valence-corrected chi connectivity index (χ2v) is 3.32. The molecule has 0 heterocycles. The Hall–Kier alpha value is -1.35. The minimum Gasteiger partial charge on any atom is -1.00 e. The largest absolute Gasteiger partial charge is 2.00 e. The van der Waals surface area contributed by atoms with Crippen LogP contribution in [-0.4, -0.2) is 13.6 Å². The van der Waals surface area contributed by atoms with E-state index in [4.69, 9.17) is 9.59 Å². The maximum Gasteiger partial charge on any atom is 2.00 e. The molecule has 0 N–H and O–H groups in total. The summed E-state index contributed by atoms with van der Waals surface area (Å²) in [6.45, 7) is 4.00. The van der Waals surface area contributed by atoms with Gasteiger partial charge in [-0.05, 0) is 0 Å². The number of carbonyl (C=O) groups is 2. The topological polar surface area (TPSA) is 34.1 Å².